The van der Waals surface area contributed by atoms with E-state index in [-0.39, 0.29) is 24.8 Å². The van der Waals surface area contributed by atoms with Crippen molar-refractivity contribution in [2.75, 3.05) is 23.8 Å². The fraction of sp³-hybridized carbons (Fsp3) is 0.500. The molecule has 0 fully saturated rings. The van der Waals surface area contributed by atoms with Gasteiger partial charge in [0.15, 0.2) is 0 Å². The Morgan fingerprint density at radius 1 is 1.50 bits per heavy atom. The first-order valence-electron chi connectivity index (χ1n) is 4.58. The predicted molar refractivity (Wildman–Crippen MR) is 53.4 cm³/mol. The molecule has 0 unspecified atom stereocenters. The topological polar surface area (TPSA) is 112 Å². The van der Waals surface area contributed by atoms with Crippen molar-refractivity contribution >= 4 is 23.5 Å². The van der Waals surface area contributed by atoms with Crippen molar-refractivity contribution in [1.29, 1.82) is 0 Å². The van der Waals surface area contributed by atoms with Crippen molar-refractivity contribution in [3.05, 3.63) is 0 Å². The monoisotopic (exact) mass is 228 g/mol. The fourth-order valence-electron chi connectivity index (χ4n) is 1.05. The van der Waals surface area contributed by atoms with Crippen LogP contribution in [0.5, 0.6) is 0 Å². The van der Waals surface area contributed by atoms with Crippen LogP contribution in [0.1, 0.15) is 13.8 Å². The van der Waals surface area contributed by atoms with Gasteiger partial charge in [-0.1, -0.05) is 0 Å². The normalized spacial score (nSPS) is 9.88. The molecule has 1 rings (SSSR count). The SMILES string of the molecule is CCOC(=O)CN(C(C)=O)c1nonc1N. The van der Waals surface area contributed by atoms with Gasteiger partial charge in [-0.3, -0.25) is 14.5 Å². The van der Waals surface area contributed by atoms with Crippen molar-refractivity contribution in [3.63, 3.8) is 0 Å². The molecule has 16 heavy (non-hydrogen) atoms. The standard InChI is InChI=1S/C8H12N4O4/c1-3-15-6(14)4-12(5(2)13)8-7(9)10-16-11-8/h3-4H2,1-2H3,(H2,9,10). The Kier molecular flexibility index (Phi) is 3.81. The minimum atomic E-state index is -0.555. The third-order valence-electron chi connectivity index (χ3n) is 1.72. The Bertz CT molecular complexity index is 389. The molecule has 0 aromatic carbocycles. The van der Waals surface area contributed by atoms with Crippen LogP contribution in [0, 0.1) is 0 Å². The van der Waals surface area contributed by atoms with Gasteiger partial charge in [0.2, 0.25) is 17.5 Å². The highest BCUT2D eigenvalue weighted by atomic mass is 16.6. The highest BCUT2D eigenvalue weighted by Crippen LogP contribution is 2.17. The number of nitrogen functional groups attached to an aromatic ring is 1. The number of hydrogen-bond acceptors (Lipinski definition) is 7. The third kappa shape index (κ3) is 2.69. The highest BCUT2D eigenvalue weighted by molar-refractivity contribution is 5.97. The van der Waals surface area contributed by atoms with Gasteiger partial charge in [0.1, 0.15) is 6.54 Å². The smallest absolute Gasteiger partial charge is 0.326 e. The molecule has 2 N–H and O–H groups in total. The van der Waals surface area contributed by atoms with E-state index in [1.807, 2.05) is 0 Å². The molecule has 0 atom stereocenters. The fourth-order valence-corrected chi connectivity index (χ4v) is 1.05. The molecular formula is C8H12N4O4. The van der Waals surface area contributed by atoms with E-state index in [1.54, 1.807) is 6.92 Å². The Labute approximate surface area is 91.3 Å². The van der Waals surface area contributed by atoms with Crippen LogP contribution in [-0.2, 0) is 14.3 Å². The van der Waals surface area contributed by atoms with Gasteiger partial charge >= 0.3 is 5.97 Å². The molecule has 0 saturated heterocycles. The van der Waals surface area contributed by atoms with E-state index in [0.717, 1.165) is 4.90 Å². The second-order valence-electron chi connectivity index (χ2n) is 2.88. The Balaban J connectivity index is 2.81. The molecule has 0 aliphatic carbocycles. The zero-order valence-corrected chi connectivity index (χ0v) is 8.97. The molecule has 0 aliphatic rings. The number of aromatic nitrogens is 2. The summed E-state index contributed by atoms with van der Waals surface area (Å²) >= 11 is 0. The van der Waals surface area contributed by atoms with Gasteiger partial charge in [-0.05, 0) is 17.2 Å². The van der Waals surface area contributed by atoms with Crippen LogP contribution in [0.4, 0.5) is 11.6 Å². The Morgan fingerprint density at radius 3 is 2.62 bits per heavy atom. The van der Waals surface area contributed by atoms with Crippen LogP contribution in [0.25, 0.3) is 0 Å². The van der Waals surface area contributed by atoms with Crippen LogP contribution >= 0.6 is 0 Å². The molecule has 1 aromatic heterocycles. The molecule has 1 heterocycles. The van der Waals surface area contributed by atoms with Gasteiger partial charge in [-0.2, -0.15) is 0 Å². The molecular weight excluding hydrogens is 216 g/mol. The third-order valence-corrected chi connectivity index (χ3v) is 1.72. The molecule has 0 radical (unpaired) electrons. The van der Waals surface area contributed by atoms with Crippen LogP contribution in [0.15, 0.2) is 4.63 Å². The van der Waals surface area contributed by atoms with E-state index in [1.165, 1.54) is 6.92 Å². The number of amides is 1. The number of anilines is 2. The van der Waals surface area contributed by atoms with Crippen LogP contribution in [0.2, 0.25) is 0 Å². The van der Waals surface area contributed by atoms with Gasteiger partial charge in [-0.15, -0.1) is 0 Å². The molecule has 0 aliphatic heterocycles. The average molecular weight is 228 g/mol. The summed E-state index contributed by atoms with van der Waals surface area (Å²) in [7, 11) is 0. The summed E-state index contributed by atoms with van der Waals surface area (Å²) in [4.78, 5) is 23.5. The summed E-state index contributed by atoms with van der Waals surface area (Å²) in [5, 5.41) is 6.76. The van der Waals surface area contributed by atoms with Crippen molar-refractivity contribution in [3.8, 4) is 0 Å². The largest absolute Gasteiger partial charge is 0.465 e. The second-order valence-corrected chi connectivity index (χ2v) is 2.88. The zero-order valence-electron chi connectivity index (χ0n) is 8.97. The first-order valence-corrected chi connectivity index (χ1v) is 4.58. The van der Waals surface area contributed by atoms with Crippen molar-refractivity contribution in [2.24, 2.45) is 0 Å². The first-order chi connectivity index (χ1) is 7.56. The summed E-state index contributed by atoms with van der Waals surface area (Å²) in [6.45, 7) is 2.90. The lowest BCUT2D eigenvalue weighted by molar-refractivity contribution is -0.142. The van der Waals surface area contributed by atoms with Crippen LogP contribution in [-0.4, -0.2) is 35.3 Å². The first kappa shape index (κ1) is 12.0. The number of carbonyl (C=O) groups is 2. The number of rotatable bonds is 4. The van der Waals surface area contributed by atoms with E-state index < -0.39 is 11.9 Å². The van der Waals surface area contributed by atoms with Crippen molar-refractivity contribution < 1.29 is 19.0 Å². The number of esters is 1. The lowest BCUT2D eigenvalue weighted by Crippen LogP contribution is -2.35. The van der Waals surface area contributed by atoms with Gasteiger partial charge in [-0.25, -0.2) is 4.63 Å². The molecule has 1 aromatic rings. The number of ether oxygens (including phenoxy) is 1. The van der Waals surface area contributed by atoms with Gasteiger partial charge < -0.3 is 10.5 Å². The summed E-state index contributed by atoms with van der Waals surface area (Å²) in [6, 6.07) is 0. The number of nitrogens with zero attached hydrogens (tertiary/aromatic N) is 3. The number of nitrogens with two attached hydrogens (primary N) is 1. The molecule has 0 bridgehead atoms. The van der Waals surface area contributed by atoms with Crippen molar-refractivity contribution in [2.45, 2.75) is 13.8 Å². The maximum atomic E-state index is 11.3. The Hall–Kier alpha value is -2.12. The van der Waals surface area contributed by atoms with Crippen molar-refractivity contribution in [1.82, 2.24) is 10.3 Å². The number of carbonyl (C=O) groups excluding carboxylic acids is 2. The molecule has 8 nitrogen and oxygen atoms in total. The second kappa shape index (κ2) is 5.10. The lowest BCUT2D eigenvalue weighted by atomic mass is 10.4. The van der Waals surface area contributed by atoms with Gasteiger partial charge in [0, 0.05) is 6.92 Å². The zero-order chi connectivity index (χ0) is 12.1. The van der Waals surface area contributed by atoms with Gasteiger partial charge in [0.25, 0.3) is 0 Å². The summed E-state index contributed by atoms with van der Waals surface area (Å²) in [5.74, 6) is -1.00. The average Bonchev–Trinajstić information content (AvgIpc) is 2.61. The minimum absolute atomic E-state index is 0.0144. The lowest BCUT2D eigenvalue weighted by Gasteiger charge is -2.16. The highest BCUT2D eigenvalue weighted by Gasteiger charge is 2.22. The van der Waals surface area contributed by atoms with Crippen LogP contribution < -0.4 is 10.6 Å². The predicted octanol–water partition coefficient (Wildman–Crippen LogP) is -0.432. The molecule has 0 saturated carbocycles. The maximum Gasteiger partial charge on any atom is 0.326 e. The Morgan fingerprint density at radius 2 is 2.19 bits per heavy atom. The molecule has 0 spiro atoms. The van der Waals surface area contributed by atoms with E-state index in [4.69, 9.17) is 10.5 Å². The number of hydrogen-bond donors (Lipinski definition) is 1. The van der Waals surface area contributed by atoms with E-state index in [9.17, 15) is 9.59 Å². The van der Waals surface area contributed by atoms with Crippen LogP contribution in [0.3, 0.4) is 0 Å². The summed E-state index contributed by atoms with van der Waals surface area (Å²) in [6.07, 6.45) is 0. The summed E-state index contributed by atoms with van der Waals surface area (Å²) < 4.78 is 9.05. The summed E-state index contributed by atoms with van der Waals surface area (Å²) in [5.41, 5.74) is 5.42. The van der Waals surface area contributed by atoms with E-state index in [0.29, 0.717) is 0 Å². The van der Waals surface area contributed by atoms with E-state index >= 15 is 0 Å². The quantitative estimate of drug-likeness (QED) is 0.695. The molecule has 1 amide bonds. The molecule has 88 valence electrons. The van der Waals surface area contributed by atoms with E-state index in [2.05, 4.69) is 14.9 Å². The minimum Gasteiger partial charge on any atom is -0.465 e. The van der Waals surface area contributed by atoms with Gasteiger partial charge in [0.05, 0.1) is 6.61 Å². The molecule has 8 heteroatoms. The maximum absolute atomic E-state index is 11.3.